The maximum atomic E-state index is 11.8. The minimum absolute atomic E-state index is 0.114. The second-order valence-electron chi connectivity index (χ2n) is 5.55. The number of alkyl halides is 1. The molecule has 0 spiro atoms. The lowest BCUT2D eigenvalue weighted by Crippen LogP contribution is -2.41. The van der Waals surface area contributed by atoms with Crippen molar-refractivity contribution in [1.82, 2.24) is 4.90 Å². The molecule has 0 aliphatic carbocycles. The van der Waals surface area contributed by atoms with Crippen molar-refractivity contribution >= 4 is 36.8 Å². The third-order valence-electron chi connectivity index (χ3n) is 2.74. The summed E-state index contributed by atoms with van der Waals surface area (Å²) in [5, 5.41) is 0. The molecular formula is C11H22INO2Si. The van der Waals surface area contributed by atoms with Crippen LogP contribution in [0.5, 0.6) is 0 Å². The smallest absolute Gasteiger partial charge is 0.410 e. The molecule has 1 unspecified atom stereocenters. The molecule has 1 fully saturated rings. The zero-order valence-electron chi connectivity index (χ0n) is 10.5. The van der Waals surface area contributed by atoms with Crippen LogP contribution in [0.15, 0.2) is 0 Å². The quantitative estimate of drug-likeness (QED) is 0.334. The van der Waals surface area contributed by atoms with E-state index in [0.717, 1.165) is 25.4 Å². The van der Waals surface area contributed by atoms with Gasteiger partial charge in [-0.3, -0.25) is 4.90 Å². The number of rotatable bonds is 3. The zero-order valence-corrected chi connectivity index (χ0v) is 13.6. The van der Waals surface area contributed by atoms with Gasteiger partial charge in [-0.25, -0.2) is 4.79 Å². The summed E-state index contributed by atoms with van der Waals surface area (Å²) in [5.74, 6) is 0. The van der Waals surface area contributed by atoms with Gasteiger partial charge in [-0.1, -0.05) is 42.2 Å². The van der Waals surface area contributed by atoms with Crippen molar-refractivity contribution in [1.29, 1.82) is 0 Å². The van der Waals surface area contributed by atoms with E-state index in [0.29, 0.717) is 10.7 Å². The molecule has 1 saturated heterocycles. The minimum Gasteiger partial charge on any atom is -0.450 e. The van der Waals surface area contributed by atoms with Crippen LogP contribution in [0.2, 0.25) is 25.7 Å². The molecule has 0 N–H and O–H groups in total. The van der Waals surface area contributed by atoms with Crippen molar-refractivity contribution in [3.05, 3.63) is 0 Å². The van der Waals surface area contributed by atoms with Gasteiger partial charge in [-0.15, -0.1) is 0 Å². The van der Waals surface area contributed by atoms with Gasteiger partial charge in [0.05, 0.1) is 10.7 Å². The summed E-state index contributed by atoms with van der Waals surface area (Å²) >= 11 is 2.34. The van der Waals surface area contributed by atoms with Gasteiger partial charge in [0, 0.05) is 14.6 Å². The summed E-state index contributed by atoms with van der Waals surface area (Å²) < 4.78 is 5.67. The second-order valence-corrected chi connectivity index (χ2v) is 12.6. The van der Waals surface area contributed by atoms with Crippen LogP contribution in [0, 0.1) is 0 Å². The molecule has 0 aromatic heterocycles. The number of piperidine rings is 1. The van der Waals surface area contributed by atoms with Crippen LogP contribution < -0.4 is 0 Å². The lowest BCUT2D eigenvalue weighted by atomic mass is 10.1. The highest BCUT2D eigenvalue weighted by molar-refractivity contribution is 14.1. The first kappa shape index (κ1) is 14.3. The van der Waals surface area contributed by atoms with E-state index in [2.05, 4.69) is 42.2 Å². The fourth-order valence-electron chi connectivity index (χ4n) is 1.62. The highest BCUT2D eigenvalue weighted by Crippen LogP contribution is 2.22. The summed E-state index contributed by atoms with van der Waals surface area (Å²) in [7, 11) is -1.09. The summed E-state index contributed by atoms with van der Waals surface area (Å²) in [6.07, 6.45) is 3.33. The maximum absolute atomic E-state index is 11.8. The van der Waals surface area contributed by atoms with Crippen molar-refractivity contribution < 1.29 is 9.53 Å². The average molecular weight is 355 g/mol. The largest absolute Gasteiger partial charge is 0.450 e. The number of nitrogens with zero attached hydrogens (tertiary/aromatic N) is 1. The fourth-order valence-corrected chi connectivity index (χ4v) is 3.28. The van der Waals surface area contributed by atoms with Gasteiger partial charge in [0.15, 0.2) is 0 Å². The Labute approximate surface area is 113 Å². The van der Waals surface area contributed by atoms with E-state index in [1.807, 2.05) is 4.90 Å². The Balaban J connectivity index is 2.29. The molecule has 0 bridgehead atoms. The Bertz CT molecular complexity index is 243. The van der Waals surface area contributed by atoms with E-state index >= 15 is 0 Å². The average Bonchev–Trinajstić information content (AvgIpc) is 2.16. The van der Waals surface area contributed by atoms with Crippen molar-refractivity contribution in [3.8, 4) is 0 Å². The molecule has 1 amide bonds. The van der Waals surface area contributed by atoms with Crippen LogP contribution in [-0.2, 0) is 4.74 Å². The zero-order chi connectivity index (χ0) is 12.2. The topological polar surface area (TPSA) is 29.5 Å². The summed E-state index contributed by atoms with van der Waals surface area (Å²) in [6.45, 7) is 8.34. The van der Waals surface area contributed by atoms with Crippen LogP contribution in [0.3, 0.4) is 0 Å². The predicted molar refractivity (Wildman–Crippen MR) is 77.9 cm³/mol. The molecule has 94 valence electrons. The monoisotopic (exact) mass is 355 g/mol. The molecular weight excluding hydrogens is 333 g/mol. The minimum atomic E-state index is -1.09. The van der Waals surface area contributed by atoms with E-state index in [1.165, 1.54) is 6.42 Å². The molecule has 0 radical (unpaired) electrons. The number of carbonyl (C=O) groups excluding carboxylic acids is 1. The SMILES string of the molecule is C[Si](C)(C)CCOC(=O)N1CCCCC1I. The van der Waals surface area contributed by atoms with Gasteiger partial charge < -0.3 is 4.74 Å². The fraction of sp³-hybridized carbons (Fsp3) is 0.909. The first-order valence-corrected chi connectivity index (χ1v) is 10.9. The third-order valence-corrected chi connectivity index (χ3v) is 5.74. The number of ether oxygens (including phenoxy) is 1. The number of hydrogen-bond acceptors (Lipinski definition) is 2. The summed E-state index contributed by atoms with van der Waals surface area (Å²) in [4.78, 5) is 13.7. The highest BCUT2D eigenvalue weighted by Gasteiger charge is 2.25. The van der Waals surface area contributed by atoms with Crippen molar-refractivity contribution in [2.45, 2.75) is 49.0 Å². The maximum Gasteiger partial charge on any atom is 0.410 e. The first-order chi connectivity index (χ1) is 7.40. The molecule has 1 rings (SSSR count). The normalized spacial score (nSPS) is 22.0. The van der Waals surface area contributed by atoms with E-state index < -0.39 is 8.07 Å². The van der Waals surface area contributed by atoms with E-state index in [1.54, 1.807) is 0 Å². The van der Waals surface area contributed by atoms with Gasteiger partial charge >= 0.3 is 6.09 Å². The molecule has 5 heteroatoms. The standard InChI is InChI=1S/C11H22INO2Si/c1-16(2,3)9-8-15-11(14)13-7-5-4-6-10(13)12/h10H,4-9H2,1-3H3. The number of hydrogen-bond donors (Lipinski definition) is 0. The van der Waals surface area contributed by atoms with E-state index in [9.17, 15) is 4.79 Å². The Morgan fingerprint density at radius 2 is 2.12 bits per heavy atom. The number of carbonyl (C=O) groups is 1. The molecule has 3 nitrogen and oxygen atoms in total. The predicted octanol–water partition coefficient (Wildman–Crippen LogP) is 3.71. The Morgan fingerprint density at radius 3 is 2.69 bits per heavy atom. The first-order valence-electron chi connectivity index (χ1n) is 5.97. The second kappa shape index (κ2) is 6.23. The molecule has 0 aromatic carbocycles. The van der Waals surface area contributed by atoms with Gasteiger partial charge in [-0.05, 0) is 25.3 Å². The number of amides is 1. The van der Waals surface area contributed by atoms with E-state index in [-0.39, 0.29) is 6.09 Å². The number of halogens is 1. The van der Waals surface area contributed by atoms with Crippen molar-refractivity contribution in [2.24, 2.45) is 0 Å². The van der Waals surface area contributed by atoms with Crippen LogP contribution in [0.1, 0.15) is 19.3 Å². The van der Waals surface area contributed by atoms with Gasteiger partial charge in [-0.2, -0.15) is 0 Å². The van der Waals surface area contributed by atoms with Crippen LogP contribution in [0.4, 0.5) is 4.79 Å². The molecule has 1 heterocycles. The Hall–Kier alpha value is 0.217. The highest BCUT2D eigenvalue weighted by atomic mass is 127. The van der Waals surface area contributed by atoms with Crippen molar-refractivity contribution in [3.63, 3.8) is 0 Å². The molecule has 1 aliphatic rings. The van der Waals surface area contributed by atoms with Gasteiger partial charge in [0.25, 0.3) is 0 Å². The van der Waals surface area contributed by atoms with E-state index in [4.69, 9.17) is 4.74 Å². The summed E-state index contributed by atoms with van der Waals surface area (Å²) in [5.41, 5.74) is 0. The molecule has 1 aliphatic heterocycles. The molecule has 1 atom stereocenters. The molecule has 0 saturated carbocycles. The Morgan fingerprint density at radius 1 is 1.44 bits per heavy atom. The van der Waals surface area contributed by atoms with Crippen molar-refractivity contribution in [2.75, 3.05) is 13.2 Å². The third kappa shape index (κ3) is 5.03. The van der Waals surface area contributed by atoms with Gasteiger partial charge in [0.2, 0.25) is 0 Å². The lowest BCUT2D eigenvalue weighted by molar-refractivity contribution is 0.0964. The van der Waals surface area contributed by atoms with Crippen LogP contribution in [0.25, 0.3) is 0 Å². The summed E-state index contributed by atoms with van der Waals surface area (Å²) in [6, 6.07) is 1.05. The van der Waals surface area contributed by atoms with Crippen LogP contribution >= 0.6 is 22.6 Å². The molecule has 0 aromatic rings. The lowest BCUT2D eigenvalue weighted by Gasteiger charge is -2.31. The Kier molecular flexibility index (Phi) is 5.56. The number of likely N-dealkylation sites (tertiary alicyclic amines) is 1. The van der Waals surface area contributed by atoms with Gasteiger partial charge in [0.1, 0.15) is 0 Å². The molecule has 16 heavy (non-hydrogen) atoms. The van der Waals surface area contributed by atoms with Crippen LogP contribution in [-0.4, -0.2) is 36.3 Å².